The molecule has 0 radical (unpaired) electrons. The van der Waals surface area contributed by atoms with Gasteiger partial charge in [-0.15, -0.1) is 0 Å². The Morgan fingerprint density at radius 3 is 3.23 bits per heavy atom. The predicted molar refractivity (Wildman–Crippen MR) is 89.9 cm³/mol. The zero-order valence-corrected chi connectivity index (χ0v) is 14.1. The van der Waals surface area contributed by atoms with E-state index in [1.54, 1.807) is 0 Å². The van der Waals surface area contributed by atoms with Crippen molar-refractivity contribution >= 4 is 27.5 Å². The van der Waals surface area contributed by atoms with Gasteiger partial charge in [0.2, 0.25) is 0 Å². The lowest BCUT2D eigenvalue weighted by molar-refractivity contribution is 0.114. The number of aryl methyl sites for hydroxylation is 1. The second kappa shape index (κ2) is 6.66. The number of pyridine rings is 1. The summed E-state index contributed by atoms with van der Waals surface area (Å²) in [5.41, 5.74) is 8.84. The summed E-state index contributed by atoms with van der Waals surface area (Å²) >= 11 is 3.49. The summed E-state index contributed by atoms with van der Waals surface area (Å²) < 4.78 is 8.57. The molecule has 1 saturated heterocycles. The standard InChI is InChI=1S/C15H20BrN5O/c1-10-5-11(16)8-21-9-12(20-14(10)21)6-18-15(17)19-7-13-3-2-4-22-13/h5,8-9,13H,2-4,6-7H2,1H3,(H3,17,18,19). The Morgan fingerprint density at radius 1 is 1.59 bits per heavy atom. The van der Waals surface area contributed by atoms with Crippen molar-refractivity contribution in [2.75, 3.05) is 13.2 Å². The number of aliphatic imine (C=N–C) groups is 1. The molecule has 2 aromatic rings. The van der Waals surface area contributed by atoms with E-state index in [0.717, 1.165) is 40.8 Å². The molecule has 0 aromatic carbocycles. The van der Waals surface area contributed by atoms with Crippen LogP contribution in [0.4, 0.5) is 0 Å². The first-order valence-electron chi connectivity index (χ1n) is 7.41. The van der Waals surface area contributed by atoms with Gasteiger partial charge in [-0.25, -0.2) is 9.98 Å². The maximum Gasteiger partial charge on any atom is 0.189 e. The normalized spacial score (nSPS) is 19.0. The third-order valence-corrected chi connectivity index (χ3v) is 4.13. The first kappa shape index (κ1) is 15.3. The molecule has 118 valence electrons. The molecule has 1 unspecified atom stereocenters. The highest BCUT2D eigenvalue weighted by Gasteiger charge is 2.14. The van der Waals surface area contributed by atoms with Crippen LogP contribution in [0, 0.1) is 6.92 Å². The molecule has 2 aromatic heterocycles. The summed E-state index contributed by atoms with van der Waals surface area (Å²) in [4.78, 5) is 8.93. The van der Waals surface area contributed by atoms with Gasteiger partial charge in [0.25, 0.3) is 0 Å². The zero-order chi connectivity index (χ0) is 15.5. The Morgan fingerprint density at radius 2 is 2.45 bits per heavy atom. The van der Waals surface area contributed by atoms with Gasteiger partial charge in [-0.05, 0) is 47.3 Å². The smallest absolute Gasteiger partial charge is 0.189 e. The number of aromatic nitrogens is 2. The predicted octanol–water partition coefficient (Wildman–Crippen LogP) is 1.99. The van der Waals surface area contributed by atoms with E-state index in [9.17, 15) is 0 Å². The Balaban J connectivity index is 1.62. The van der Waals surface area contributed by atoms with Crippen LogP contribution in [0.15, 0.2) is 27.9 Å². The fourth-order valence-electron chi connectivity index (χ4n) is 2.60. The Hall–Kier alpha value is -1.60. The molecule has 0 aliphatic carbocycles. The number of rotatable bonds is 4. The number of hydrogen-bond donors (Lipinski definition) is 2. The Bertz CT molecular complexity index is 691. The molecule has 1 aliphatic heterocycles. The quantitative estimate of drug-likeness (QED) is 0.641. The van der Waals surface area contributed by atoms with Gasteiger partial charge in [-0.1, -0.05) is 0 Å². The van der Waals surface area contributed by atoms with Gasteiger partial charge in [0, 0.05) is 30.0 Å². The molecule has 7 heteroatoms. The Labute approximate surface area is 137 Å². The molecule has 0 bridgehead atoms. The van der Waals surface area contributed by atoms with Crippen molar-refractivity contribution in [3.05, 3.63) is 34.2 Å². The van der Waals surface area contributed by atoms with Crippen molar-refractivity contribution < 1.29 is 4.74 Å². The largest absolute Gasteiger partial charge is 0.376 e. The van der Waals surface area contributed by atoms with E-state index in [0.29, 0.717) is 19.0 Å². The third-order valence-electron chi connectivity index (χ3n) is 3.70. The fraction of sp³-hybridized carbons (Fsp3) is 0.467. The fourth-order valence-corrected chi connectivity index (χ4v) is 3.16. The van der Waals surface area contributed by atoms with Gasteiger partial charge in [0.15, 0.2) is 5.96 Å². The van der Waals surface area contributed by atoms with E-state index in [-0.39, 0.29) is 6.10 Å². The molecule has 3 rings (SSSR count). The zero-order valence-electron chi connectivity index (χ0n) is 12.6. The van der Waals surface area contributed by atoms with Gasteiger partial charge in [0.05, 0.1) is 18.3 Å². The average molecular weight is 366 g/mol. The van der Waals surface area contributed by atoms with Crippen molar-refractivity contribution in [2.45, 2.75) is 32.4 Å². The molecule has 0 spiro atoms. The van der Waals surface area contributed by atoms with Crippen LogP contribution in [0.5, 0.6) is 0 Å². The maximum absolute atomic E-state index is 5.89. The van der Waals surface area contributed by atoms with E-state index in [2.05, 4.69) is 31.2 Å². The lowest BCUT2D eigenvalue weighted by Gasteiger charge is -2.10. The minimum Gasteiger partial charge on any atom is -0.376 e. The molecular formula is C15H20BrN5O. The summed E-state index contributed by atoms with van der Waals surface area (Å²) in [6.45, 7) is 4.06. The number of nitrogens with zero attached hydrogens (tertiary/aromatic N) is 3. The van der Waals surface area contributed by atoms with Crippen LogP contribution in [-0.4, -0.2) is 34.6 Å². The molecule has 0 amide bonds. The van der Waals surface area contributed by atoms with Crippen LogP contribution in [0.3, 0.4) is 0 Å². The highest BCUT2D eigenvalue weighted by atomic mass is 79.9. The minimum absolute atomic E-state index is 0.254. The number of hydrogen-bond acceptors (Lipinski definition) is 3. The molecule has 1 atom stereocenters. The van der Waals surface area contributed by atoms with Gasteiger partial charge in [0.1, 0.15) is 5.65 Å². The molecule has 3 heterocycles. The molecule has 3 N–H and O–H groups in total. The highest BCUT2D eigenvalue weighted by molar-refractivity contribution is 9.10. The van der Waals surface area contributed by atoms with E-state index in [1.165, 1.54) is 0 Å². The molecule has 6 nitrogen and oxygen atoms in total. The van der Waals surface area contributed by atoms with Crippen molar-refractivity contribution in [1.29, 1.82) is 0 Å². The van der Waals surface area contributed by atoms with E-state index < -0.39 is 0 Å². The topological polar surface area (TPSA) is 76.9 Å². The van der Waals surface area contributed by atoms with Crippen molar-refractivity contribution in [3.63, 3.8) is 0 Å². The number of nitrogens with one attached hydrogen (secondary N) is 1. The van der Waals surface area contributed by atoms with Crippen LogP contribution < -0.4 is 11.1 Å². The molecular weight excluding hydrogens is 346 g/mol. The molecule has 1 aliphatic rings. The third kappa shape index (κ3) is 3.59. The van der Waals surface area contributed by atoms with Crippen molar-refractivity contribution in [1.82, 2.24) is 14.7 Å². The molecule has 1 fully saturated rings. The summed E-state index contributed by atoms with van der Waals surface area (Å²) in [7, 11) is 0. The van der Waals surface area contributed by atoms with Crippen LogP contribution >= 0.6 is 15.9 Å². The first-order valence-corrected chi connectivity index (χ1v) is 8.20. The number of halogens is 1. The van der Waals surface area contributed by atoms with Crippen LogP contribution in [-0.2, 0) is 11.3 Å². The number of ether oxygens (including phenoxy) is 1. The van der Waals surface area contributed by atoms with Crippen molar-refractivity contribution in [3.8, 4) is 0 Å². The van der Waals surface area contributed by atoms with Crippen molar-refractivity contribution in [2.24, 2.45) is 10.7 Å². The lowest BCUT2D eigenvalue weighted by Crippen LogP contribution is -2.37. The molecule has 22 heavy (non-hydrogen) atoms. The second-order valence-electron chi connectivity index (χ2n) is 5.52. The summed E-state index contributed by atoms with van der Waals surface area (Å²) in [6.07, 6.45) is 6.43. The van der Waals surface area contributed by atoms with Gasteiger partial charge >= 0.3 is 0 Å². The average Bonchev–Trinajstić information content (AvgIpc) is 3.11. The molecule has 0 saturated carbocycles. The Kier molecular flexibility index (Phi) is 4.63. The highest BCUT2D eigenvalue weighted by Crippen LogP contribution is 2.17. The van der Waals surface area contributed by atoms with Gasteiger partial charge in [-0.3, -0.25) is 0 Å². The number of imidazole rings is 1. The van der Waals surface area contributed by atoms with Crippen LogP contribution in [0.25, 0.3) is 5.65 Å². The lowest BCUT2D eigenvalue weighted by atomic mass is 10.2. The number of nitrogens with two attached hydrogens (primary N) is 1. The van der Waals surface area contributed by atoms with E-state index in [1.807, 2.05) is 29.8 Å². The van der Waals surface area contributed by atoms with Gasteiger partial charge < -0.3 is 20.2 Å². The maximum atomic E-state index is 5.89. The minimum atomic E-state index is 0.254. The summed E-state index contributed by atoms with van der Waals surface area (Å²) in [5.74, 6) is 0.436. The monoisotopic (exact) mass is 365 g/mol. The van der Waals surface area contributed by atoms with Crippen LogP contribution in [0.2, 0.25) is 0 Å². The number of guanidine groups is 1. The SMILES string of the molecule is Cc1cc(Br)cn2cc(CN=C(N)NCC3CCCO3)nc12. The van der Waals surface area contributed by atoms with Crippen LogP contribution in [0.1, 0.15) is 24.1 Å². The number of fused-ring (bicyclic) bond motifs is 1. The van der Waals surface area contributed by atoms with E-state index in [4.69, 9.17) is 10.5 Å². The first-order chi connectivity index (χ1) is 10.6. The van der Waals surface area contributed by atoms with Gasteiger partial charge in [-0.2, -0.15) is 0 Å². The summed E-state index contributed by atoms with van der Waals surface area (Å²) in [5, 5.41) is 3.11. The van der Waals surface area contributed by atoms with E-state index >= 15 is 0 Å². The summed E-state index contributed by atoms with van der Waals surface area (Å²) in [6, 6.07) is 2.05. The second-order valence-corrected chi connectivity index (χ2v) is 6.44.